The van der Waals surface area contributed by atoms with Crippen LogP contribution in [0.5, 0.6) is 0 Å². The van der Waals surface area contributed by atoms with Gasteiger partial charge in [-0.05, 0) is 37.7 Å². The van der Waals surface area contributed by atoms with E-state index in [1.807, 2.05) is 6.07 Å². The van der Waals surface area contributed by atoms with E-state index in [9.17, 15) is 9.90 Å². The summed E-state index contributed by atoms with van der Waals surface area (Å²) in [6.07, 6.45) is 6.60. The van der Waals surface area contributed by atoms with Gasteiger partial charge in [-0.2, -0.15) is 0 Å². The van der Waals surface area contributed by atoms with Crippen LogP contribution in [0.1, 0.15) is 49.7 Å². The summed E-state index contributed by atoms with van der Waals surface area (Å²) in [6.45, 7) is 0.528. The number of benzene rings is 1. The Kier molecular flexibility index (Phi) is 3.95. The molecule has 0 unspecified atom stereocenters. The van der Waals surface area contributed by atoms with Gasteiger partial charge in [0.1, 0.15) is 5.84 Å². The lowest BCUT2D eigenvalue weighted by Gasteiger charge is -2.37. The predicted octanol–water partition coefficient (Wildman–Crippen LogP) is 1.42. The zero-order valence-corrected chi connectivity index (χ0v) is 12.2. The van der Waals surface area contributed by atoms with E-state index in [0.717, 1.165) is 12.3 Å². The summed E-state index contributed by atoms with van der Waals surface area (Å²) >= 11 is 0. The van der Waals surface area contributed by atoms with Gasteiger partial charge in [0.05, 0.1) is 0 Å². The number of fused-ring (bicyclic) bond motifs is 1. The molecule has 0 atom stereocenters. The molecule has 112 valence electrons. The zero-order valence-electron chi connectivity index (χ0n) is 12.2. The van der Waals surface area contributed by atoms with Crippen molar-refractivity contribution in [2.45, 2.75) is 50.5 Å². The number of nitrogens with zero attached hydrogens (tertiary/aromatic N) is 1. The first-order valence-electron chi connectivity index (χ1n) is 7.79. The Balaban J connectivity index is 1.80. The van der Waals surface area contributed by atoms with E-state index in [0.29, 0.717) is 13.0 Å². The van der Waals surface area contributed by atoms with Gasteiger partial charge in [-0.15, -0.1) is 0 Å². The van der Waals surface area contributed by atoms with E-state index < -0.39 is 5.97 Å². The van der Waals surface area contributed by atoms with Gasteiger partial charge in [-0.25, -0.2) is 0 Å². The monoisotopic (exact) mass is 285 g/mol. The second-order valence-corrected chi connectivity index (χ2v) is 6.15. The molecular weight excluding hydrogens is 264 g/mol. The maximum atomic E-state index is 10.5. The third-order valence-corrected chi connectivity index (χ3v) is 4.55. The maximum Gasteiger partial charge on any atom is 0.128 e. The van der Waals surface area contributed by atoms with Crippen molar-refractivity contribution in [3.8, 4) is 0 Å². The summed E-state index contributed by atoms with van der Waals surface area (Å²) in [7, 11) is 0. The van der Waals surface area contributed by atoms with E-state index >= 15 is 0 Å². The van der Waals surface area contributed by atoms with Gasteiger partial charge >= 0.3 is 0 Å². The number of carbonyl (C=O) groups is 1. The lowest BCUT2D eigenvalue weighted by Crippen LogP contribution is -2.52. The summed E-state index contributed by atoms with van der Waals surface area (Å²) in [5.74, 6) is -0.0587. The molecule has 3 rings (SSSR count). The van der Waals surface area contributed by atoms with E-state index in [4.69, 9.17) is 0 Å². The first-order chi connectivity index (χ1) is 10.2. The Morgan fingerprint density at radius 1 is 1.29 bits per heavy atom. The molecule has 0 saturated heterocycles. The minimum atomic E-state index is -1.00. The molecular formula is C17H21N2O2-. The van der Waals surface area contributed by atoms with Crippen molar-refractivity contribution in [2.75, 3.05) is 6.54 Å². The quantitative estimate of drug-likeness (QED) is 0.851. The fourth-order valence-corrected chi connectivity index (χ4v) is 3.53. The maximum absolute atomic E-state index is 10.5. The van der Waals surface area contributed by atoms with E-state index in [1.165, 1.54) is 36.8 Å². The third kappa shape index (κ3) is 3.09. The number of hydrogen-bond donors (Lipinski definition) is 1. The Bertz CT molecular complexity index is 560. The van der Waals surface area contributed by atoms with Gasteiger partial charge in [-0.1, -0.05) is 37.1 Å². The Hall–Kier alpha value is -1.84. The highest BCUT2D eigenvalue weighted by molar-refractivity contribution is 6.01. The fraction of sp³-hybridized carbons (Fsp3) is 0.529. The molecule has 0 aromatic heterocycles. The number of carbonyl (C=O) groups excluding carboxylic acids is 1. The molecule has 1 fully saturated rings. The SMILES string of the molecule is O=C([O-])CCCN=C1NC2(CCCC2)Cc2ccccc21. The Labute approximate surface area is 125 Å². The molecule has 4 heteroatoms. The lowest BCUT2D eigenvalue weighted by molar-refractivity contribution is -0.305. The van der Waals surface area contributed by atoms with Gasteiger partial charge in [0.25, 0.3) is 0 Å². The predicted molar refractivity (Wildman–Crippen MR) is 80.1 cm³/mol. The average molecular weight is 285 g/mol. The first kappa shape index (κ1) is 14.1. The summed E-state index contributed by atoms with van der Waals surface area (Å²) in [5, 5.41) is 14.1. The van der Waals surface area contributed by atoms with Crippen LogP contribution in [-0.4, -0.2) is 23.9 Å². The number of hydrogen-bond acceptors (Lipinski definition) is 3. The normalized spacial score (nSPS) is 21.2. The average Bonchev–Trinajstić information content (AvgIpc) is 2.91. The van der Waals surface area contributed by atoms with Gasteiger partial charge in [-0.3, -0.25) is 4.99 Å². The molecule has 1 aliphatic heterocycles. The lowest BCUT2D eigenvalue weighted by atomic mass is 9.83. The second kappa shape index (κ2) is 5.88. The highest BCUT2D eigenvalue weighted by atomic mass is 16.4. The molecule has 1 spiro atoms. The van der Waals surface area contributed by atoms with Crippen LogP contribution in [0.3, 0.4) is 0 Å². The fourth-order valence-electron chi connectivity index (χ4n) is 3.53. The second-order valence-electron chi connectivity index (χ2n) is 6.15. The summed E-state index contributed by atoms with van der Waals surface area (Å²) < 4.78 is 0. The summed E-state index contributed by atoms with van der Waals surface area (Å²) in [6, 6.07) is 8.40. The van der Waals surface area contributed by atoms with E-state index in [-0.39, 0.29) is 12.0 Å². The summed E-state index contributed by atoms with van der Waals surface area (Å²) in [5.41, 5.74) is 2.70. The van der Waals surface area contributed by atoms with Crippen LogP contribution in [0.25, 0.3) is 0 Å². The molecule has 0 amide bonds. The third-order valence-electron chi connectivity index (χ3n) is 4.55. The molecule has 0 radical (unpaired) electrons. The van der Waals surface area contributed by atoms with Crippen molar-refractivity contribution < 1.29 is 9.90 Å². The molecule has 4 nitrogen and oxygen atoms in total. The highest BCUT2D eigenvalue weighted by Crippen LogP contribution is 2.36. The van der Waals surface area contributed by atoms with Crippen molar-refractivity contribution >= 4 is 11.8 Å². The molecule has 1 aliphatic carbocycles. The first-order valence-corrected chi connectivity index (χ1v) is 7.79. The van der Waals surface area contributed by atoms with E-state index in [1.54, 1.807) is 0 Å². The highest BCUT2D eigenvalue weighted by Gasteiger charge is 2.38. The number of aliphatic imine (C=N–C) groups is 1. The molecule has 1 aromatic carbocycles. The Morgan fingerprint density at radius 2 is 2.05 bits per heavy atom. The van der Waals surface area contributed by atoms with Crippen molar-refractivity contribution in [3.63, 3.8) is 0 Å². The molecule has 1 heterocycles. The minimum Gasteiger partial charge on any atom is -0.550 e. The molecule has 1 N–H and O–H groups in total. The number of amidine groups is 1. The van der Waals surface area contributed by atoms with Crippen LogP contribution in [0.4, 0.5) is 0 Å². The topological polar surface area (TPSA) is 64.5 Å². The van der Waals surface area contributed by atoms with Crippen LogP contribution in [0.2, 0.25) is 0 Å². The number of nitrogens with one attached hydrogen (secondary N) is 1. The zero-order chi connectivity index (χ0) is 14.7. The van der Waals surface area contributed by atoms with Crippen molar-refractivity contribution in [1.29, 1.82) is 0 Å². The number of carboxylic acid groups (broad SMARTS) is 1. The van der Waals surface area contributed by atoms with Crippen LogP contribution >= 0.6 is 0 Å². The smallest absolute Gasteiger partial charge is 0.128 e. The van der Waals surface area contributed by atoms with Gasteiger partial charge < -0.3 is 15.2 Å². The van der Waals surface area contributed by atoms with Gasteiger partial charge in [0.2, 0.25) is 0 Å². The van der Waals surface area contributed by atoms with Crippen LogP contribution in [-0.2, 0) is 11.2 Å². The standard InChI is InChI=1S/C17H22N2O2/c20-15(21)8-5-11-18-16-14-7-2-1-6-13(14)12-17(19-16)9-3-4-10-17/h1-2,6-7H,3-5,8-12H2,(H,18,19)(H,20,21)/p-1. The van der Waals surface area contributed by atoms with Crippen LogP contribution < -0.4 is 10.4 Å². The summed E-state index contributed by atoms with van der Waals surface area (Å²) in [4.78, 5) is 15.1. The van der Waals surface area contributed by atoms with Crippen LogP contribution in [0.15, 0.2) is 29.3 Å². The number of carboxylic acids is 1. The number of aliphatic carboxylic acids is 1. The molecule has 21 heavy (non-hydrogen) atoms. The number of rotatable bonds is 4. The van der Waals surface area contributed by atoms with Crippen molar-refractivity contribution in [3.05, 3.63) is 35.4 Å². The molecule has 0 bridgehead atoms. The van der Waals surface area contributed by atoms with Gasteiger partial charge in [0, 0.05) is 23.6 Å². The molecule has 1 aromatic rings. The Morgan fingerprint density at radius 3 is 2.81 bits per heavy atom. The van der Waals surface area contributed by atoms with Crippen LogP contribution in [0, 0.1) is 0 Å². The van der Waals surface area contributed by atoms with Crippen molar-refractivity contribution in [2.24, 2.45) is 4.99 Å². The molecule has 1 saturated carbocycles. The largest absolute Gasteiger partial charge is 0.550 e. The van der Waals surface area contributed by atoms with Gasteiger partial charge in [0.15, 0.2) is 0 Å². The molecule has 2 aliphatic rings. The van der Waals surface area contributed by atoms with Crippen molar-refractivity contribution in [1.82, 2.24) is 5.32 Å². The van der Waals surface area contributed by atoms with E-state index in [2.05, 4.69) is 28.5 Å². The minimum absolute atomic E-state index is 0.0730.